The molecule has 0 heterocycles. The summed E-state index contributed by atoms with van der Waals surface area (Å²) in [7, 11) is 0. The number of rotatable bonds is 3. The summed E-state index contributed by atoms with van der Waals surface area (Å²) in [6, 6.07) is 4.93. The van der Waals surface area contributed by atoms with Gasteiger partial charge in [-0.3, -0.25) is 0 Å². The van der Waals surface area contributed by atoms with Crippen LogP contribution in [0.4, 0.5) is 4.39 Å². The predicted molar refractivity (Wildman–Crippen MR) is 54.8 cm³/mol. The van der Waals surface area contributed by atoms with Crippen molar-refractivity contribution in [2.75, 3.05) is 0 Å². The van der Waals surface area contributed by atoms with Crippen molar-refractivity contribution in [2.45, 2.75) is 25.3 Å². The Bertz CT molecular complexity index is 286. The third-order valence-corrected chi connectivity index (χ3v) is 2.15. The SMILES string of the molecule is CC(C)Oc1c(F)cccc1CBr. The highest BCUT2D eigenvalue weighted by Crippen LogP contribution is 2.25. The zero-order chi connectivity index (χ0) is 9.84. The van der Waals surface area contributed by atoms with E-state index in [-0.39, 0.29) is 11.9 Å². The summed E-state index contributed by atoms with van der Waals surface area (Å²) < 4.78 is 18.6. The van der Waals surface area contributed by atoms with Crippen molar-refractivity contribution in [3.05, 3.63) is 29.6 Å². The van der Waals surface area contributed by atoms with E-state index in [2.05, 4.69) is 15.9 Å². The molecule has 0 bridgehead atoms. The molecule has 0 saturated heterocycles. The Morgan fingerprint density at radius 2 is 2.15 bits per heavy atom. The number of para-hydroxylation sites is 1. The summed E-state index contributed by atoms with van der Waals surface area (Å²) in [6.07, 6.45) is -0.00491. The maximum atomic E-state index is 13.3. The molecule has 0 aliphatic carbocycles. The summed E-state index contributed by atoms with van der Waals surface area (Å²) in [6.45, 7) is 3.76. The molecular weight excluding hydrogens is 235 g/mol. The molecule has 0 unspecified atom stereocenters. The Labute approximate surface area is 86.0 Å². The molecule has 0 fully saturated rings. The lowest BCUT2D eigenvalue weighted by molar-refractivity contribution is 0.229. The second-order valence-corrected chi connectivity index (χ2v) is 3.59. The molecule has 3 heteroatoms. The normalized spacial score (nSPS) is 10.5. The van der Waals surface area contributed by atoms with Gasteiger partial charge in [0.05, 0.1) is 6.10 Å². The van der Waals surface area contributed by atoms with E-state index in [4.69, 9.17) is 4.74 Å². The maximum Gasteiger partial charge on any atom is 0.165 e. The highest BCUT2D eigenvalue weighted by atomic mass is 79.9. The minimum atomic E-state index is -0.300. The van der Waals surface area contributed by atoms with E-state index in [1.807, 2.05) is 19.9 Å². The molecule has 0 aliphatic heterocycles. The molecule has 0 atom stereocenters. The summed E-state index contributed by atoms with van der Waals surface area (Å²) in [5.41, 5.74) is 0.841. The lowest BCUT2D eigenvalue weighted by Crippen LogP contribution is -2.08. The molecular formula is C10H12BrFO. The third kappa shape index (κ3) is 2.69. The summed E-state index contributed by atoms with van der Waals surface area (Å²) in [5.74, 6) is 0.0556. The number of hydrogen-bond acceptors (Lipinski definition) is 1. The molecule has 13 heavy (non-hydrogen) atoms. The quantitative estimate of drug-likeness (QED) is 0.742. The first-order valence-electron chi connectivity index (χ1n) is 4.15. The molecule has 0 saturated carbocycles. The molecule has 0 amide bonds. The monoisotopic (exact) mass is 246 g/mol. The van der Waals surface area contributed by atoms with Crippen LogP contribution >= 0.6 is 15.9 Å². The number of alkyl halides is 1. The van der Waals surface area contributed by atoms with Crippen molar-refractivity contribution in [2.24, 2.45) is 0 Å². The van der Waals surface area contributed by atoms with Gasteiger partial charge in [-0.25, -0.2) is 4.39 Å². The topological polar surface area (TPSA) is 9.23 Å². The van der Waals surface area contributed by atoms with E-state index in [0.717, 1.165) is 5.56 Å². The van der Waals surface area contributed by atoms with E-state index in [1.165, 1.54) is 6.07 Å². The van der Waals surface area contributed by atoms with Crippen LogP contribution in [0.2, 0.25) is 0 Å². The minimum Gasteiger partial charge on any atom is -0.488 e. The molecule has 0 aromatic heterocycles. The molecule has 72 valence electrons. The first-order chi connectivity index (χ1) is 6.15. The summed E-state index contributed by atoms with van der Waals surface area (Å²) in [5, 5.41) is 0.604. The van der Waals surface area contributed by atoms with E-state index in [9.17, 15) is 4.39 Å². The Balaban J connectivity index is 3.00. The molecule has 1 nitrogen and oxygen atoms in total. The van der Waals surface area contributed by atoms with Gasteiger partial charge in [-0.15, -0.1) is 0 Å². The minimum absolute atomic E-state index is 0.00491. The average molecular weight is 247 g/mol. The van der Waals surface area contributed by atoms with Gasteiger partial charge in [-0.05, 0) is 19.9 Å². The van der Waals surface area contributed by atoms with Crippen LogP contribution in [-0.2, 0) is 5.33 Å². The highest BCUT2D eigenvalue weighted by molar-refractivity contribution is 9.08. The Morgan fingerprint density at radius 3 is 2.69 bits per heavy atom. The molecule has 1 aromatic rings. The fourth-order valence-corrected chi connectivity index (χ4v) is 1.47. The highest BCUT2D eigenvalue weighted by Gasteiger charge is 2.09. The van der Waals surface area contributed by atoms with Gasteiger partial charge in [0.1, 0.15) is 0 Å². The van der Waals surface area contributed by atoms with Gasteiger partial charge in [-0.2, -0.15) is 0 Å². The fourth-order valence-electron chi connectivity index (χ4n) is 1.03. The van der Waals surface area contributed by atoms with Crippen LogP contribution < -0.4 is 4.74 Å². The van der Waals surface area contributed by atoms with Crippen molar-refractivity contribution in [3.63, 3.8) is 0 Å². The predicted octanol–water partition coefficient (Wildman–Crippen LogP) is 3.51. The van der Waals surface area contributed by atoms with E-state index < -0.39 is 0 Å². The van der Waals surface area contributed by atoms with Gasteiger partial charge < -0.3 is 4.74 Å². The van der Waals surface area contributed by atoms with Gasteiger partial charge in [0, 0.05) is 10.9 Å². The van der Waals surface area contributed by atoms with Crippen LogP contribution in [0.3, 0.4) is 0 Å². The molecule has 0 spiro atoms. The first kappa shape index (κ1) is 10.5. The standard InChI is InChI=1S/C10H12BrFO/c1-7(2)13-10-8(6-11)4-3-5-9(10)12/h3-5,7H,6H2,1-2H3. The van der Waals surface area contributed by atoms with Crippen molar-refractivity contribution < 1.29 is 9.13 Å². The molecule has 1 aromatic carbocycles. The maximum absolute atomic E-state index is 13.3. The molecule has 1 rings (SSSR count). The molecule has 0 N–H and O–H groups in total. The van der Waals surface area contributed by atoms with Crippen molar-refractivity contribution in [1.82, 2.24) is 0 Å². The zero-order valence-electron chi connectivity index (χ0n) is 7.68. The second kappa shape index (κ2) is 4.61. The van der Waals surface area contributed by atoms with Crippen LogP contribution in [0.25, 0.3) is 0 Å². The first-order valence-corrected chi connectivity index (χ1v) is 5.27. The Morgan fingerprint density at radius 1 is 1.46 bits per heavy atom. The third-order valence-electron chi connectivity index (χ3n) is 1.55. The average Bonchev–Trinajstić information content (AvgIpc) is 2.08. The van der Waals surface area contributed by atoms with Crippen molar-refractivity contribution >= 4 is 15.9 Å². The Kier molecular flexibility index (Phi) is 3.72. The fraction of sp³-hybridized carbons (Fsp3) is 0.400. The van der Waals surface area contributed by atoms with Gasteiger partial charge >= 0.3 is 0 Å². The number of benzene rings is 1. The van der Waals surface area contributed by atoms with Gasteiger partial charge in [0.15, 0.2) is 11.6 Å². The number of halogens is 2. The lowest BCUT2D eigenvalue weighted by atomic mass is 10.2. The van der Waals surface area contributed by atoms with E-state index >= 15 is 0 Å². The summed E-state index contributed by atoms with van der Waals surface area (Å²) >= 11 is 3.29. The molecule has 0 radical (unpaired) electrons. The van der Waals surface area contributed by atoms with Crippen molar-refractivity contribution in [1.29, 1.82) is 0 Å². The second-order valence-electron chi connectivity index (χ2n) is 3.03. The summed E-state index contributed by atoms with van der Waals surface area (Å²) in [4.78, 5) is 0. The van der Waals surface area contributed by atoms with Gasteiger partial charge in [0.25, 0.3) is 0 Å². The van der Waals surface area contributed by atoms with Crippen LogP contribution in [0.5, 0.6) is 5.75 Å². The Hall–Kier alpha value is -0.570. The zero-order valence-corrected chi connectivity index (χ0v) is 9.27. The van der Waals surface area contributed by atoms with Crippen LogP contribution in [0.1, 0.15) is 19.4 Å². The van der Waals surface area contributed by atoms with Crippen molar-refractivity contribution in [3.8, 4) is 5.75 Å². The number of hydrogen-bond donors (Lipinski definition) is 0. The van der Waals surface area contributed by atoms with E-state index in [0.29, 0.717) is 11.1 Å². The van der Waals surface area contributed by atoms with Crippen LogP contribution in [-0.4, -0.2) is 6.10 Å². The van der Waals surface area contributed by atoms with E-state index in [1.54, 1.807) is 6.07 Å². The van der Waals surface area contributed by atoms with Gasteiger partial charge in [0.2, 0.25) is 0 Å². The van der Waals surface area contributed by atoms with Crippen LogP contribution in [0, 0.1) is 5.82 Å². The smallest absolute Gasteiger partial charge is 0.165 e. The van der Waals surface area contributed by atoms with Crippen LogP contribution in [0.15, 0.2) is 18.2 Å². The number of ether oxygens (including phenoxy) is 1. The largest absolute Gasteiger partial charge is 0.488 e. The van der Waals surface area contributed by atoms with Gasteiger partial charge in [-0.1, -0.05) is 28.1 Å². The lowest BCUT2D eigenvalue weighted by Gasteiger charge is -2.13. The molecule has 0 aliphatic rings.